The van der Waals surface area contributed by atoms with Crippen LogP contribution in [0.15, 0.2) is 24.3 Å². The summed E-state index contributed by atoms with van der Waals surface area (Å²) >= 11 is 1.65. The van der Waals surface area contributed by atoms with E-state index < -0.39 is 16.8 Å². The molecule has 6 nitrogen and oxygen atoms in total. The largest absolute Gasteiger partial charge is 0.342 e. The molecule has 4 atom stereocenters. The molecule has 0 bridgehead atoms. The first-order chi connectivity index (χ1) is 14.8. The first-order valence-electron chi connectivity index (χ1n) is 11.4. The number of benzene rings is 1. The van der Waals surface area contributed by atoms with Crippen molar-refractivity contribution in [3.8, 4) is 0 Å². The van der Waals surface area contributed by atoms with Gasteiger partial charge in [0.2, 0.25) is 11.8 Å². The molecule has 4 rings (SSSR count). The molecule has 3 aliphatic heterocycles. The summed E-state index contributed by atoms with van der Waals surface area (Å²) in [5.74, 6) is -0.283. The highest BCUT2D eigenvalue weighted by molar-refractivity contribution is 8.01. The Bertz CT molecular complexity index is 881. The van der Waals surface area contributed by atoms with Crippen LogP contribution in [0, 0.1) is 5.92 Å². The molecule has 7 heteroatoms. The van der Waals surface area contributed by atoms with E-state index in [0.717, 1.165) is 44.3 Å². The Morgan fingerprint density at radius 3 is 2.55 bits per heavy atom. The molecule has 0 unspecified atom stereocenters. The number of thioether (sulfide) groups is 1. The van der Waals surface area contributed by atoms with Crippen LogP contribution in [-0.2, 0) is 9.59 Å². The summed E-state index contributed by atoms with van der Waals surface area (Å²) in [5, 5.41) is 2.93. The number of carbonyl (C=O) groups excluding carboxylic acids is 3. The Kier molecular flexibility index (Phi) is 6.08. The molecular formula is C24H33N3O3S. The first-order valence-corrected chi connectivity index (χ1v) is 12.3. The van der Waals surface area contributed by atoms with Crippen molar-refractivity contribution in [1.82, 2.24) is 15.1 Å². The third kappa shape index (κ3) is 3.86. The van der Waals surface area contributed by atoms with Crippen molar-refractivity contribution < 1.29 is 14.4 Å². The van der Waals surface area contributed by atoms with Gasteiger partial charge in [0.25, 0.3) is 5.91 Å². The molecule has 1 N–H and O–H groups in total. The van der Waals surface area contributed by atoms with Gasteiger partial charge in [-0.25, -0.2) is 0 Å². The highest BCUT2D eigenvalue weighted by Crippen LogP contribution is 2.56. The van der Waals surface area contributed by atoms with Crippen LogP contribution >= 0.6 is 11.8 Å². The Balaban J connectivity index is 1.58. The molecule has 0 radical (unpaired) electrons. The fourth-order valence-electron chi connectivity index (χ4n) is 5.03. The number of fused-ring (bicyclic) bond motifs is 3. The van der Waals surface area contributed by atoms with Crippen LogP contribution in [0.3, 0.4) is 0 Å². The maximum Gasteiger partial charge on any atom is 0.256 e. The van der Waals surface area contributed by atoms with Gasteiger partial charge in [-0.1, -0.05) is 38.5 Å². The normalized spacial score (nSPS) is 26.3. The predicted octanol–water partition coefficient (Wildman–Crippen LogP) is 3.58. The van der Waals surface area contributed by atoms with E-state index in [-0.39, 0.29) is 29.0 Å². The van der Waals surface area contributed by atoms with Crippen molar-refractivity contribution in [3.05, 3.63) is 35.4 Å². The third-order valence-electron chi connectivity index (χ3n) is 6.99. The summed E-state index contributed by atoms with van der Waals surface area (Å²) < 4.78 is -0.452. The average Bonchev–Trinajstić information content (AvgIpc) is 3.20. The second kappa shape index (κ2) is 8.49. The second-order valence-corrected chi connectivity index (χ2v) is 11.3. The molecule has 0 spiro atoms. The molecule has 3 heterocycles. The van der Waals surface area contributed by atoms with Crippen LogP contribution in [0.4, 0.5) is 0 Å². The standard InChI is InChI=1S/C24H33N3O3S/c1-5-15(2)18(22(30)26-13-9-6-10-14-26)25-20(28)19-24(3,4)31-23-17-12-8-7-11-16(17)21(29)27(19)23/h7-8,11-12,15,18-19,23H,5-6,9-10,13-14H2,1-4H3,(H,25,28)/t15-,18-,19+,23-/m0/s1. The van der Waals surface area contributed by atoms with Crippen molar-refractivity contribution in [2.45, 2.75) is 75.6 Å². The van der Waals surface area contributed by atoms with Crippen molar-refractivity contribution in [3.63, 3.8) is 0 Å². The van der Waals surface area contributed by atoms with E-state index in [9.17, 15) is 14.4 Å². The Hall–Kier alpha value is -2.02. The van der Waals surface area contributed by atoms with Crippen LogP contribution in [0.5, 0.6) is 0 Å². The van der Waals surface area contributed by atoms with Gasteiger partial charge in [0.1, 0.15) is 17.5 Å². The summed E-state index contributed by atoms with van der Waals surface area (Å²) in [6.07, 6.45) is 3.98. The van der Waals surface area contributed by atoms with Crippen molar-refractivity contribution in [2.75, 3.05) is 13.1 Å². The Morgan fingerprint density at radius 2 is 1.87 bits per heavy atom. The number of nitrogens with zero attached hydrogens (tertiary/aromatic N) is 2. The van der Waals surface area contributed by atoms with Gasteiger partial charge in [-0.3, -0.25) is 14.4 Å². The summed E-state index contributed by atoms with van der Waals surface area (Å²) in [6.45, 7) is 9.60. The van der Waals surface area contributed by atoms with Crippen LogP contribution in [-0.4, -0.2) is 57.4 Å². The van der Waals surface area contributed by atoms with Crippen LogP contribution in [0.2, 0.25) is 0 Å². The minimum absolute atomic E-state index is 0.0124. The fourth-order valence-corrected chi connectivity index (χ4v) is 6.62. The zero-order chi connectivity index (χ0) is 22.3. The number of amides is 3. The minimum atomic E-state index is -0.622. The average molecular weight is 444 g/mol. The maximum atomic E-state index is 13.6. The van der Waals surface area contributed by atoms with Crippen LogP contribution in [0.1, 0.15) is 74.7 Å². The zero-order valence-corrected chi connectivity index (χ0v) is 19.7. The Labute approximate surface area is 189 Å². The zero-order valence-electron chi connectivity index (χ0n) is 18.9. The van der Waals surface area contributed by atoms with Gasteiger partial charge in [0, 0.05) is 23.4 Å². The number of piperidine rings is 1. The quantitative estimate of drug-likeness (QED) is 0.755. The lowest BCUT2D eigenvalue weighted by Crippen LogP contribution is -2.59. The van der Waals surface area contributed by atoms with Crippen molar-refractivity contribution >= 4 is 29.5 Å². The molecule has 0 aliphatic carbocycles. The van der Waals surface area contributed by atoms with Crippen molar-refractivity contribution in [2.24, 2.45) is 5.92 Å². The highest BCUT2D eigenvalue weighted by Gasteiger charge is 2.57. The van der Waals surface area contributed by atoms with Gasteiger partial charge in [-0.2, -0.15) is 0 Å². The number of carbonyl (C=O) groups is 3. The van der Waals surface area contributed by atoms with E-state index in [1.165, 1.54) is 0 Å². The van der Waals surface area contributed by atoms with Gasteiger partial charge >= 0.3 is 0 Å². The van der Waals surface area contributed by atoms with Gasteiger partial charge in [0.05, 0.1) is 0 Å². The van der Waals surface area contributed by atoms with Gasteiger partial charge in [-0.15, -0.1) is 11.8 Å². The van der Waals surface area contributed by atoms with E-state index in [0.29, 0.717) is 5.56 Å². The lowest BCUT2D eigenvalue weighted by atomic mass is 9.94. The fraction of sp³-hybridized carbons (Fsp3) is 0.625. The molecule has 0 saturated carbocycles. The van der Waals surface area contributed by atoms with Crippen LogP contribution < -0.4 is 5.32 Å². The number of hydrogen-bond acceptors (Lipinski definition) is 4. The number of likely N-dealkylation sites (tertiary alicyclic amines) is 1. The monoisotopic (exact) mass is 443 g/mol. The lowest BCUT2D eigenvalue weighted by molar-refractivity contribution is -0.139. The minimum Gasteiger partial charge on any atom is -0.342 e. The molecular weight excluding hydrogens is 410 g/mol. The van der Waals surface area contributed by atoms with E-state index in [2.05, 4.69) is 5.32 Å². The maximum absolute atomic E-state index is 13.6. The molecule has 3 aliphatic rings. The molecule has 168 valence electrons. The van der Waals surface area contributed by atoms with Crippen molar-refractivity contribution in [1.29, 1.82) is 0 Å². The summed E-state index contributed by atoms with van der Waals surface area (Å²) in [7, 11) is 0. The van der Waals surface area contributed by atoms with Crippen LogP contribution in [0.25, 0.3) is 0 Å². The Morgan fingerprint density at radius 1 is 1.19 bits per heavy atom. The first kappa shape index (κ1) is 22.2. The second-order valence-electron chi connectivity index (χ2n) is 9.53. The molecule has 1 aromatic carbocycles. The molecule has 3 amide bonds. The van der Waals surface area contributed by atoms with E-state index >= 15 is 0 Å². The van der Waals surface area contributed by atoms with E-state index in [1.807, 2.05) is 56.9 Å². The molecule has 1 aromatic rings. The predicted molar refractivity (Wildman–Crippen MR) is 123 cm³/mol. The number of hydrogen-bond donors (Lipinski definition) is 1. The summed E-state index contributed by atoms with van der Waals surface area (Å²) in [5.41, 5.74) is 1.65. The topological polar surface area (TPSA) is 69.7 Å². The molecule has 0 aromatic heterocycles. The van der Waals surface area contributed by atoms with Gasteiger partial charge < -0.3 is 15.1 Å². The molecule has 31 heavy (non-hydrogen) atoms. The van der Waals surface area contributed by atoms with Gasteiger partial charge in [0.15, 0.2) is 0 Å². The van der Waals surface area contributed by atoms with Gasteiger partial charge in [-0.05, 0) is 50.7 Å². The SMILES string of the molecule is CC[C@H](C)[C@H](NC(=O)[C@H]1N2C(=O)c3ccccc3[C@@H]2SC1(C)C)C(=O)N1CCCCC1. The summed E-state index contributed by atoms with van der Waals surface area (Å²) in [6, 6.07) is 6.43. The number of nitrogens with one attached hydrogen (secondary N) is 1. The molecule has 2 fully saturated rings. The summed E-state index contributed by atoms with van der Waals surface area (Å²) in [4.78, 5) is 43.8. The lowest BCUT2D eigenvalue weighted by Gasteiger charge is -2.35. The van der Waals surface area contributed by atoms with E-state index in [1.54, 1.807) is 16.7 Å². The van der Waals surface area contributed by atoms with E-state index in [4.69, 9.17) is 0 Å². The smallest absolute Gasteiger partial charge is 0.256 e. The number of rotatable bonds is 5. The third-order valence-corrected chi connectivity index (χ3v) is 8.52. The highest BCUT2D eigenvalue weighted by atomic mass is 32.2. The molecule has 2 saturated heterocycles.